The van der Waals surface area contributed by atoms with Crippen molar-refractivity contribution in [3.8, 4) is 11.5 Å². The summed E-state index contributed by atoms with van der Waals surface area (Å²) >= 11 is 0. The summed E-state index contributed by atoms with van der Waals surface area (Å²) in [5, 5.41) is 7.30. The Labute approximate surface area is 141 Å². The zero-order valence-electron chi connectivity index (χ0n) is 12.9. The van der Waals surface area contributed by atoms with E-state index in [9.17, 15) is 0 Å². The smallest absolute Gasteiger partial charge is 0.133 e. The Morgan fingerprint density at radius 3 is 2.48 bits per heavy atom. The number of hydrogen-bond acceptors (Lipinski definition) is 4. The second-order valence-corrected chi connectivity index (χ2v) is 5.09. The van der Waals surface area contributed by atoms with Crippen LogP contribution in [0.1, 0.15) is 17.0 Å². The van der Waals surface area contributed by atoms with Crippen molar-refractivity contribution < 1.29 is 9.26 Å². The number of nitrogens with one attached hydrogen (secondary N) is 1. The van der Waals surface area contributed by atoms with E-state index < -0.39 is 0 Å². The van der Waals surface area contributed by atoms with Gasteiger partial charge in [0.1, 0.15) is 17.3 Å². The molecule has 5 heteroatoms. The third kappa shape index (κ3) is 5.13. The fourth-order valence-corrected chi connectivity index (χ4v) is 2.18. The summed E-state index contributed by atoms with van der Waals surface area (Å²) < 4.78 is 10.9. The van der Waals surface area contributed by atoms with Gasteiger partial charge >= 0.3 is 0 Å². The van der Waals surface area contributed by atoms with Gasteiger partial charge in [-0.3, -0.25) is 0 Å². The molecule has 0 aliphatic rings. The first-order valence-electron chi connectivity index (χ1n) is 7.24. The van der Waals surface area contributed by atoms with Gasteiger partial charge in [0.05, 0.1) is 5.69 Å². The number of nitrogens with zero attached hydrogens (tertiary/aromatic N) is 1. The molecular weight excluding hydrogens is 312 g/mol. The van der Waals surface area contributed by atoms with Crippen molar-refractivity contribution >= 4 is 12.4 Å². The molecule has 23 heavy (non-hydrogen) atoms. The summed E-state index contributed by atoms with van der Waals surface area (Å²) in [7, 11) is 0. The van der Waals surface area contributed by atoms with Crippen LogP contribution in [-0.4, -0.2) is 5.16 Å². The zero-order valence-corrected chi connectivity index (χ0v) is 13.7. The van der Waals surface area contributed by atoms with Gasteiger partial charge in [0.2, 0.25) is 0 Å². The maximum Gasteiger partial charge on any atom is 0.133 e. The first-order valence-corrected chi connectivity index (χ1v) is 7.24. The molecule has 120 valence electrons. The van der Waals surface area contributed by atoms with Crippen LogP contribution < -0.4 is 10.1 Å². The molecule has 3 rings (SSSR count). The van der Waals surface area contributed by atoms with Gasteiger partial charge in [-0.2, -0.15) is 0 Å². The van der Waals surface area contributed by atoms with Crippen molar-refractivity contribution in [2.45, 2.75) is 20.0 Å². The molecule has 1 aromatic heterocycles. The molecule has 1 N–H and O–H groups in total. The topological polar surface area (TPSA) is 47.3 Å². The monoisotopic (exact) mass is 330 g/mol. The minimum atomic E-state index is 0. The van der Waals surface area contributed by atoms with Crippen LogP contribution in [0.5, 0.6) is 11.5 Å². The number of hydrogen-bond donors (Lipinski definition) is 1. The SMILES string of the molecule is Cc1cc(CNCc2cccc(Oc3ccccc3)c2)no1.Cl. The number of aromatic nitrogens is 1. The normalized spacial score (nSPS) is 10.1. The summed E-state index contributed by atoms with van der Waals surface area (Å²) in [6, 6.07) is 19.8. The van der Waals surface area contributed by atoms with Gasteiger partial charge in [0, 0.05) is 19.2 Å². The minimum Gasteiger partial charge on any atom is -0.457 e. The van der Waals surface area contributed by atoms with Crippen LogP contribution in [-0.2, 0) is 13.1 Å². The van der Waals surface area contributed by atoms with Crippen molar-refractivity contribution in [1.29, 1.82) is 0 Å². The van der Waals surface area contributed by atoms with Crippen LogP contribution in [0, 0.1) is 6.92 Å². The van der Waals surface area contributed by atoms with Gasteiger partial charge < -0.3 is 14.6 Å². The number of halogens is 1. The van der Waals surface area contributed by atoms with E-state index in [1.165, 1.54) is 0 Å². The highest BCUT2D eigenvalue weighted by Gasteiger charge is 2.01. The molecule has 0 amide bonds. The molecule has 0 saturated heterocycles. The maximum atomic E-state index is 5.83. The third-order valence-electron chi connectivity index (χ3n) is 3.19. The van der Waals surface area contributed by atoms with E-state index in [4.69, 9.17) is 9.26 Å². The molecule has 0 saturated carbocycles. The predicted octanol–water partition coefficient (Wildman–Crippen LogP) is 4.49. The van der Waals surface area contributed by atoms with E-state index in [-0.39, 0.29) is 12.4 Å². The van der Waals surface area contributed by atoms with Gasteiger partial charge in [-0.25, -0.2) is 0 Å². The zero-order chi connectivity index (χ0) is 15.2. The summed E-state index contributed by atoms with van der Waals surface area (Å²) in [5.74, 6) is 2.50. The van der Waals surface area contributed by atoms with E-state index in [0.29, 0.717) is 6.54 Å². The average molecular weight is 331 g/mol. The van der Waals surface area contributed by atoms with Crippen LogP contribution >= 0.6 is 12.4 Å². The first kappa shape index (κ1) is 17.1. The molecule has 0 atom stereocenters. The second kappa shape index (κ2) is 8.36. The Morgan fingerprint density at radius 1 is 0.957 bits per heavy atom. The van der Waals surface area contributed by atoms with Crippen molar-refractivity contribution in [2.24, 2.45) is 0 Å². The Morgan fingerprint density at radius 2 is 1.74 bits per heavy atom. The third-order valence-corrected chi connectivity index (χ3v) is 3.19. The number of para-hydroxylation sites is 1. The second-order valence-electron chi connectivity index (χ2n) is 5.09. The van der Waals surface area contributed by atoms with Crippen molar-refractivity contribution in [1.82, 2.24) is 10.5 Å². The van der Waals surface area contributed by atoms with E-state index in [2.05, 4.69) is 16.5 Å². The molecule has 4 nitrogen and oxygen atoms in total. The molecule has 0 spiro atoms. The molecule has 0 fully saturated rings. The molecule has 3 aromatic rings. The van der Waals surface area contributed by atoms with E-state index >= 15 is 0 Å². The molecule has 2 aromatic carbocycles. The van der Waals surface area contributed by atoms with Crippen molar-refractivity contribution in [2.75, 3.05) is 0 Å². The molecule has 0 aliphatic carbocycles. The number of rotatable bonds is 6. The van der Waals surface area contributed by atoms with Gasteiger partial charge in [-0.15, -0.1) is 12.4 Å². The summed E-state index contributed by atoms with van der Waals surface area (Å²) in [6.07, 6.45) is 0. The van der Waals surface area contributed by atoms with E-state index in [0.717, 1.165) is 35.1 Å². The summed E-state index contributed by atoms with van der Waals surface area (Å²) in [6.45, 7) is 3.32. The lowest BCUT2D eigenvalue weighted by Gasteiger charge is -2.08. The molecule has 0 aliphatic heterocycles. The number of aryl methyl sites for hydroxylation is 1. The first-order chi connectivity index (χ1) is 10.8. The number of benzene rings is 2. The lowest BCUT2D eigenvalue weighted by molar-refractivity contribution is 0.388. The highest BCUT2D eigenvalue weighted by atomic mass is 35.5. The van der Waals surface area contributed by atoms with Gasteiger partial charge in [0.25, 0.3) is 0 Å². The van der Waals surface area contributed by atoms with Crippen LogP contribution in [0.3, 0.4) is 0 Å². The molecule has 0 radical (unpaired) electrons. The maximum absolute atomic E-state index is 5.83. The highest BCUT2D eigenvalue weighted by molar-refractivity contribution is 5.85. The molecule has 0 bridgehead atoms. The molecular formula is C18H19ClN2O2. The van der Waals surface area contributed by atoms with E-state index in [1.807, 2.05) is 61.5 Å². The van der Waals surface area contributed by atoms with Crippen molar-refractivity contribution in [3.05, 3.63) is 77.7 Å². The van der Waals surface area contributed by atoms with Crippen LogP contribution in [0.4, 0.5) is 0 Å². The average Bonchev–Trinajstić information content (AvgIpc) is 2.94. The van der Waals surface area contributed by atoms with Gasteiger partial charge in [0.15, 0.2) is 0 Å². The quantitative estimate of drug-likeness (QED) is 0.723. The lowest BCUT2D eigenvalue weighted by atomic mass is 10.2. The Balaban J connectivity index is 0.00000192. The Hall–Kier alpha value is -2.30. The molecule has 0 unspecified atom stereocenters. The van der Waals surface area contributed by atoms with Crippen molar-refractivity contribution in [3.63, 3.8) is 0 Å². The molecule has 1 heterocycles. The Bertz CT molecular complexity index is 729. The van der Waals surface area contributed by atoms with Gasteiger partial charge in [-0.05, 0) is 36.8 Å². The standard InChI is InChI=1S/C18H18N2O2.ClH/c1-14-10-16(20-22-14)13-19-12-15-6-5-9-18(11-15)21-17-7-3-2-4-8-17;/h2-11,19H,12-13H2,1H3;1H. The lowest BCUT2D eigenvalue weighted by Crippen LogP contribution is -2.12. The van der Waals surface area contributed by atoms with E-state index in [1.54, 1.807) is 0 Å². The minimum absolute atomic E-state index is 0. The predicted molar refractivity (Wildman–Crippen MR) is 92.0 cm³/mol. The van der Waals surface area contributed by atoms with Gasteiger partial charge in [-0.1, -0.05) is 35.5 Å². The Kier molecular flexibility index (Phi) is 6.20. The summed E-state index contributed by atoms with van der Waals surface area (Å²) in [4.78, 5) is 0. The fraction of sp³-hybridized carbons (Fsp3) is 0.167. The number of ether oxygens (including phenoxy) is 1. The van der Waals surface area contributed by atoms with Crippen LogP contribution in [0.15, 0.2) is 65.2 Å². The highest BCUT2D eigenvalue weighted by Crippen LogP contribution is 2.21. The summed E-state index contributed by atoms with van der Waals surface area (Å²) in [5.41, 5.74) is 2.07. The fourth-order valence-electron chi connectivity index (χ4n) is 2.18. The van der Waals surface area contributed by atoms with Crippen LogP contribution in [0.25, 0.3) is 0 Å². The van der Waals surface area contributed by atoms with Crippen LogP contribution in [0.2, 0.25) is 0 Å². The largest absolute Gasteiger partial charge is 0.457 e.